The molecule has 0 radical (unpaired) electrons. The maximum atomic E-state index is 11.3. The molecule has 4 rings (SSSR count). The number of nitrogens with zero attached hydrogens (tertiary/aromatic N) is 1. The molecule has 130 valence electrons. The third-order valence-corrected chi connectivity index (χ3v) is 5.90. The predicted molar refractivity (Wildman–Crippen MR) is 89.4 cm³/mol. The van der Waals surface area contributed by atoms with Gasteiger partial charge in [-0.2, -0.15) is 0 Å². The van der Waals surface area contributed by atoms with Gasteiger partial charge in [-0.1, -0.05) is 6.07 Å². The van der Waals surface area contributed by atoms with Gasteiger partial charge >= 0.3 is 5.97 Å². The van der Waals surface area contributed by atoms with E-state index in [1.807, 2.05) is 6.07 Å². The summed E-state index contributed by atoms with van der Waals surface area (Å²) in [5, 5.41) is 0. The van der Waals surface area contributed by atoms with E-state index in [9.17, 15) is 4.79 Å². The third kappa shape index (κ3) is 2.29. The molecule has 0 bridgehead atoms. The molecule has 1 aliphatic carbocycles. The van der Waals surface area contributed by atoms with E-state index in [4.69, 9.17) is 14.2 Å². The van der Waals surface area contributed by atoms with Crippen molar-refractivity contribution in [1.82, 2.24) is 4.90 Å². The van der Waals surface area contributed by atoms with Gasteiger partial charge in [0.2, 0.25) is 0 Å². The minimum atomic E-state index is -0.203. The van der Waals surface area contributed by atoms with Gasteiger partial charge in [0.1, 0.15) is 12.2 Å². The van der Waals surface area contributed by atoms with Crippen molar-refractivity contribution in [3.05, 3.63) is 23.3 Å². The Morgan fingerprint density at radius 1 is 1.38 bits per heavy atom. The monoisotopic (exact) mass is 331 g/mol. The van der Waals surface area contributed by atoms with Gasteiger partial charge in [-0.05, 0) is 44.5 Å². The molecular formula is C19H25NO4. The van der Waals surface area contributed by atoms with Crippen molar-refractivity contribution in [1.29, 1.82) is 0 Å². The Kier molecular flexibility index (Phi) is 3.71. The molecular weight excluding hydrogens is 306 g/mol. The molecule has 0 amide bonds. The van der Waals surface area contributed by atoms with Gasteiger partial charge < -0.3 is 19.1 Å². The molecule has 3 unspecified atom stereocenters. The fraction of sp³-hybridized carbons (Fsp3) is 0.632. The quantitative estimate of drug-likeness (QED) is 0.780. The van der Waals surface area contributed by atoms with Gasteiger partial charge in [0.25, 0.3) is 0 Å². The third-order valence-electron chi connectivity index (χ3n) is 5.90. The first-order valence-corrected chi connectivity index (χ1v) is 8.76. The molecule has 5 nitrogen and oxygen atoms in total. The molecule has 24 heavy (non-hydrogen) atoms. The first-order valence-electron chi connectivity index (χ1n) is 8.76. The highest BCUT2D eigenvalue weighted by atomic mass is 16.6. The fourth-order valence-corrected chi connectivity index (χ4v) is 4.82. The van der Waals surface area contributed by atoms with Crippen molar-refractivity contribution in [3.63, 3.8) is 0 Å². The average molecular weight is 331 g/mol. The normalized spacial score (nSPS) is 31.5. The van der Waals surface area contributed by atoms with Crippen LogP contribution in [0.3, 0.4) is 0 Å². The lowest BCUT2D eigenvalue weighted by molar-refractivity contribution is -0.150. The van der Waals surface area contributed by atoms with Crippen molar-refractivity contribution in [2.24, 2.45) is 0 Å². The largest absolute Gasteiger partial charge is 0.493 e. The Bertz CT molecular complexity index is 674. The Hall–Kier alpha value is -1.75. The summed E-state index contributed by atoms with van der Waals surface area (Å²) >= 11 is 0. The topological polar surface area (TPSA) is 48.0 Å². The van der Waals surface area contributed by atoms with E-state index in [1.165, 1.54) is 18.1 Å². The Balaban J connectivity index is 1.76. The molecule has 1 spiro atoms. The van der Waals surface area contributed by atoms with Gasteiger partial charge in [0.05, 0.1) is 7.11 Å². The number of carbonyl (C=O) groups is 1. The lowest BCUT2D eigenvalue weighted by Crippen LogP contribution is -2.46. The van der Waals surface area contributed by atoms with Crippen LogP contribution in [0.1, 0.15) is 43.7 Å². The molecule has 0 saturated heterocycles. The van der Waals surface area contributed by atoms with Gasteiger partial charge in [-0.15, -0.1) is 0 Å². The standard InChI is InChI=1S/C19H25NO4/c1-12(21)23-14-6-7-19-8-9-20(2)11-13-4-5-15(22-3)18(17(13)19)24-16(19)10-14/h4-5,14,16H,6-11H2,1-3H3. The zero-order valence-electron chi connectivity index (χ0n) is 14.6. The van der Waals surface area contributed by atoms with Crippen LogP contribution in [0.25, 0.3) is 0 Å². The molecule has 1 saturated carbocycles. The highest BCUT2D eigenvalue weighted by Gasteiger charge is 2.55. The lowest BCUT2D eigenvalue weighted by atomic mass is 9.65. The van der Waals surface area contributed by atoms with Gasteiger partial charge in [-0.3, -0.25) is 4.79 Å². The molecule has 3 atom stereocenters. The summed E-state index contributed by atoms with van der Waals surface area (Å²) in [6.45, 7) is 3.47. The van der Waals surface area contributed by atoms with Crippen LogP contribution in [0.2, 0.25) is 0 Å². The molecule has 5 heteroatoms. The SMILES string of the molecule is COc1ccc2c3c1OC1CC(OC(C)=O)CCC31CCN(C)C2. The summed E-state index contributed by atoms with van der Waals surface area (Å²) < 4.78 is 17.5. The second kappa shape index (κ2) is 5.66. The first-order chi connectivity index (χ1) is 11.5. The average Bonchev–Trinajstić information content (AvgIpc) is 2.80. The lowest BCUT2D eigenvalue weighted by Gasteiger charge is -2.41. The molecule has 1 aromatic rings. The maximum Gasteiger partial charge on any atom is 0.302 e. The van der Waals surface area contributed by atoms with E-state index in [-0.39, 0.29) is 23.6 Å². The number of rotatable bonds is 2. The number of hydrogen-bond acceptors (Lipinski definition) is 5. The Morgan fingerprint density at radius 2 is 2.21 bits per heavy atom. The second-order valence-corrected chi connectivity index (χ2v) is 7.39. The number of benzene rings is 1. The Morgan fingerprint density at radius 3 is 2.96 bits per heavy atom. The first kappa shape index (κ1) is 15.8. The van der Waals surface area contributed by atoms with Crippen LogP contribution in [0.5, 0.6) is 11.5 Å². The van der Waals surface area contributed by atoms with E-state index in [2.05, 4.69) is 18.0 Å². The number of methoxy groups -OCH3 is 1. The molecule has 1 aromatic carbocycles. The number of ether oxygens (including phenoxy) is 3. The van der Waals surface area contributed by atoms with Crippen molar-refractivity contribution in [3.8, 4) is 11.5 Å². The summed E-state index contributed by atoms with van der Waals surface area (Å²) in [7, 11) is 3.87. The summed E-state index contributed by atoms with van der Waals surface area (Å²) in [4.78, 5) is 13.7. The van der Waals surface area contributed by atoms with Crippen molar-refractivity contribution in [2.75, 3.05) is 20.7 Å². The summed E-state index contributed by atoms with van der Waals surface area (Å²) in [6, 6.07) is 4.20. The highest BCUT2D eigenvalue weighted by molar-refractivity contribution is 5.66. The van der Waals surface area contributed by atoms with Crippen molar-refractivity contribution < 1.29 is 19.0 Å². The van der Waals surface area contributed by atoms with Crippen LogP contribution in [-0.2, 0) is 21.5 Å². The Labute approximate surface area is 142 Å². The van der Waals surface area contributed by atoms with Crippen LogP contribution in [-0.4, -0.2) is 43.8 Å². The van der Waals surface area contributed by atoms with E-state index in [1.54, 1.807) is 7.11 Å². The molecule has 2 heterocycles. The fourth-order valence-electron chi connectivity index (χ4n) is 4.82. The van der Waals surface area contributed by atoms with E-state index in [0.717, 1.165) is 50.3 Å². The second-order valence-electron chi connectivity index (χ2n) is 7.39. The van der Waals surface area contributed by atoms with Crippen molar-refractivity contribution in [2.45, 2.75) is 56.8 Å². The predicted octanol–water partition coefficient (Wildman–Crippen LogP) is 2.65. The molecule has 2 aliphatic heterocycles. The molecule has 3 aliphatic rings. The minimum Gasteiger partial charge on any atom is -0.493 e. The van der Waals surface area contributed by atoms with Crippen molar-refractivity contribution >= 4 is 5.97 Å². The van der Waals surface area contributed by atoms with Crippen LogP contribution in [0.4, 0.5) is 0 Å². The van der Waals surface area contributed by atoms with Gasteiger partial charge in [0.15, 0.2) is 11.5 Å². The minimum absolute atomic E-state index is 0.0284. The highest BCUT2D eigenvalue weighted by Crippen LogP contribution is 2.57. The molecule has 0 aromatic heterocycles. The van der Waals surface area contributed by atoms with E-state index < -0.39 is 0 Å². The van der Waals surface area contributed by atoms with Crippen LogP contribution >= 0.6 is 0 Å². The smallest absolute Gasteiger partial charge is 0.302 e. The maximum absolute atomic E-state index is 11.3. The van der Waals surface area contributed by atoms with Crippen LogP contribution in [0, 0.1) is 0 Å². The molecule has 1 fully saturated rings. The summed E-state index contributed by atoms with van der Waals surface area (Å²) in [5.74, 6) is 1.53. The number of hydrogen-bond donors (Lipinski definition) is 0. The van der Waals surface area contributed by atoms with Crippen LogP contribution < -0.4 is 9.47 Å². The van der Waals surface area contributed by atoms with Gasteiger partial charge in [-0.25, -0.2) is 0 Å². The van der Waals surface area contributed by atoms with E-state index >= 15 is 0 Å². The van der Waals surface area contributed by atoms with Gasteiger partial charge in [0, 0.05) is 30.9 Å². The van der Waals surface area contributed by atoms with E-state index in [0.29, 0.717) is 0 Å². The summed E-state index contributed by atoms with van der Waals surface area (Å²) in [5.41, 5.74) is 2.72. The molecule has 0 N–H and O–H groups in total. The zero-order valence-corrected chi connectivity index (χ0v) is 14.6. The zero-order chi connectivity index (χ0) is 16.9. The summed E-state index contributed by atoms with van der Waals surface area (Å²) in [6.07, 6.45) is 3.76. The van der Waals surface area contributed by atoms with Crippen LogP contribution in [0.15, 0.2) is 12.1 Å². The number of carbonyl (C=O) groups excluding carboxylic acids is 1. The number of esters is 1.